The molecule has 0 bridgehead atoms. The smallest absolute Gasteiger partial charge is 0.119 e. The number of hydrogen-bond acceptors (Lipinski definition) is 1. The van der Waals surface area contributed by atoms with Gasteiger partial charge in [0.25, 0.3) is 0 Å². The van der Waals surface area contributed by atoms with Crippen molar-refractivity contribution < 1.29 is 5.11 Å². The van der Waals surface area contributed by atoms with Crippen molar-refractivity contribution in [3.05, 3.63) is 53.6 Å². The molecule has 1 heteroatoms. The van der Waals surface area contributed by atoms with E-state index in [0.29, 0.717) is 17.6 Å². The van der Waals surface area contributed by atoms with Gasteiger partial charge >= 0.3 is 0 Å². The van der Waals surface area contributed by atoms with Crippen LogP contribution in [0.25, 0.3) is 11.1 Å². The minimum absolute atomic E-state index is 0.470. The SMILES string of the molecule is CC(C)c1ccc(-c2ccc(C3CCCCC3)c(O)c2)cc1. The van der Waals surface area contributed by atoms with Gasteiger partial charge in [-0.15, -0.1) is 0 Å². The summed E-state index contributed by atoms with van der Waals surface area (Å²) >= 11 is 0. The molecule has 0 atom stereocenters. The van der Waals surface area contributed by atoms with E-state index < -0.39 is 0 Å². The zero-order valence-corrected chi connectivity index (χ0v) is 13.7. The van der Waals surface area contributed by atoms with Gasteiger partial charge in [-0.05, 0) is 53.0 Å². The summed E-state index contributed by atoms with van der Waals surface area (Å²) in [7, 11) is 0. The minimum atomic E-state index is 0.470. The Kier molecular flexibility index (Phi) is 4.52. The van der Waals surface area contributed by atoms with E-state index >= 15 is 0 Å². The third-order valence-corrected chi connectivity index (χ3v) is 4.99. The Morgan fingerprint density at radius 3 is 2.09 bits per heavy atom. The number of benzene rings is 2. The van der Waals surface area contributed by atoms with Crippen LogP contribution in [0, 0.1) is 0 Å². The van der Waals surface area contributed by atoms with Gasteiger partial charge in [-0.1, -0.05) is 69.5 Å². The van der Waals surface area contributed by atoms with Gasteiger partial charge in [0.1, 0.15) is 5.75 Å². The second kappa shape index (κ2) is 6.56. The Morgan fingerprint density at radius 2 is 1.50 bits per heavy atom. The van der Waals surface area contributed by atoms with E-state index in [-0.39, 0.29) is 0 Å². The Hall–Kier alpha value is -1.76. The Morgan fingerprint density at radius 1 is 0.864 bits per heavy atom. The van der Waals surface area contributed by atoms with Crippen molar-refractivity contribution >= 4 is 0 Å². The van der Waals surface area contributed by atoms with Gasteiger partial charge in [-0.25, -0.2) is 0 Å². The van der Waals surface area contributed by atoms with Crippen LogP contribution in [-0.4, -0.2) is 5.11 Å². The van der Waals surface area contributed by atoms with Crippen molar-refractivity contribution in [1.29, 1.82) is 0 Å². The lowest BCUT2D eigenvalue weighted by Crippen LogP contribution is -2.04. The van der Waals surface area contributed by atoms with Crippen LogP contribution in [0.4, 0.5) is 0 Å². The molecule has 0 aliphatic heterocycles. The number of phenols is 1. The summed E-state index contributed by atoms with van der Waals surface area (Å²) in [5.74, 6) is 1.57. The van der Waals surface area contributed by atoms with Gasteiger partial charge in [-0.2, -0.15) is 0 Å². The maximum atomic E-state index is 10.4. The Labute approximate surface area is 134 Å². The van der Waals surface area contributed by atoms with Crippen molar-refractivity contribution in [2.45, 2.75) is 57.8 Å². The molecule has 1 fully saturated rings. The summed E-state index contributed by atoms with van der Waals surface area (Å²) in [4.78, 5) is 0. The van der Waals surface area contributed by atoms with Gasteiger partial charge in [0.2, 0.25) is 0 Å². The summed E-state index contributed by atoms with van der Waals surface area (Å²) in [6.45, 7) is 4.42. The molecule has 1 N–H and O–H groups in total. The fourth-order valence-corrected chi connectivity index (χ4v) is 3.54. The predicted molar refractivity (Wildman–Crippen MR) is 93.5 cm³/mol. The molecule has 0 spiro atoms. The first-order valence-corrected chi connectivity index (χ1v) is 8.58. The second-order valence-electron chi connectivity index (χ2n) is 6.89. The zero-order chi connectivity index (χ0) is 15.5. The molecule has 0 unspecified atom stereocenters. The first-order chi connectivity index (χ1) is 10.6. The fraction of sp³-hybridized carbons (Fsp3) is 0.429. The van der Waals surface area contributed by atoms with Crippen LogP contribution < -0.4 is 0 Å². The summed E-state index contributed by atoms with van der Waals surface area (Å²) in [5, 5.41) is 10.4. The number of aromatic hydroxyl groups is 1. The normalized spacial score (nSPS) is 16.1. The standard InChI is InChI=1S/C21H26O/c1-15(2)16-8-10-17(11-9-16)19-12-13-20(21(22)14-19)18-6-4-3-5-7-18/h8-15,18,22H,3-7H2,1-2H3. The molecule has 1 aliphatic carbocycles. The van der Waals surface area contributed by atoms with E-state index in [9.17, 15) is 5.11 Å². The number of rotatable bonds is 3. The van der Waals surface area contributed by atoms with Crippen molar-refractivity contribution in [3.8, 4) is 16.9 Å². The molecule has 2 aromatic carbocycles. The number of hydrogen-bond donors (Lipinski definition) is 1. The van der Waals surface area contributed by atoms with E-state index in [4.69, 9.17) is 0 Å². The average molecular weight is 294 g/mol. The largest absolute Gasteiger partial charge is 0.508 e. The number of phenolic OH excluding ortho intramolecular Hbond substituents is 1. The van der Waals surface area contributed by atoms with E-state index in [1.807, 2.05) is 6.07 Å². The van der Waals surface area contributed by atoms with Crippen molar-refractivity contribution in [1.82, 2.24) is 0 Å². The third kappa shape index (κ3) is 3.19. The molecule has 116 valence electrons. The Balaban J connectivity index is 1.84. The minimum Gasteiger partial charge on any atom is -0.508 e. The maximum absolute atomic E-state index is 10.4. The van der Waals surface area contributed by atoms with Crippen LogP contribution in [0.1, 0.15) is 68.9 Å². The van der Waals surface area contributed by atoms with E-state index in [0.717, 1.165) is 11.1 Å². The van der Waals surface area contributed by atoms with Crippen LogP contribution in [0.5, 0.6) is 5.75 Å². The lowest BCUT2D eigenvalue weighted by Gasteiger charge is -2.23. The molecular formula is C21H26O. The van der Waals surface area contributed by atoms with Crippen molar-refractivity contribution in [2.24, 2.45) is 0 Å². The fourth-order valence-electron chi connectivity index (χ4n) is 3.54. The molecule has 0 amide bonds. The van der Waals surface area contributed by atoms with Crippen LogP contribution in [0.15, 0.2) is 42.5 Å². The zero-order valence-electron chi connectivity index (χ0n) is 13.7. The van der Waals surface area contributed by atoms with Crippen molar-refractivity contribution in [2.75, 3.05) is 0 Å². The summed E-state index contributed by atoms with van der Waals surface area (Å²) < 4.78 is 0. The van der Waals surface area contributed by atoms with E-state index in [2.05, 4.69) is 50.2 Å². The van der Waals surface area contributed by atoms with Crippen LogP contribution in [0.3, 0.4) is 0 Å². The molecule has 0 saturated heterocycles. The highest BCUT2D eigenvalue weighted by atomic mass is 16.3. The van der Waals surface area contributed by atoms with Gasteiger partial charge in [0.05, 0.1) is 0 Å². The van der Waals surface area contributed by atoms with E-state index in [1.54, 1.807) is 0 Å². The first-order valence-electron chi connectivity index (χ1n) is 8.58. The molecule has 0 aromatic heterocycles. The molecule has 22 heavy (non-hydrogen) atoms. The molecule has 1 aliphatic rings. The lowest BCUT2D eigenvalue weighted by atomic mass is 9.83. The molecular weight excluding hydrogens is 268 g/mol. The quantitative estimate of drug-likeness (QED) is 0.711. The van der Waals surface area contributed by atoms with Crippen molar-refractivity contribution in [3.63, 3.8) is 0 Å². The van der Waals surface area contributed by atoms with Gasteiger partial charge < -0.3 is 5.11 Å². The van der Waals surface area contributed by atoms with Gasteiger partial charge in [0.15, 0.2) is 0 Å². The Bertz CT molecular complexity index is 619. The van der Waals surface area contributed by atoms with Crippen LogP contribution >= 0.6 is 0 Å². The maximum Gasteiger partial charge on any atom is 0.119 e. The average Bonchev–Trinajstić information content (AvgIpc) is 2.55. The highest BCUT2D eigenvalue weighted by molar-refractivity contribution is 5.66. The second-order valence-corrected chi connectivity index (χ2v) is 6.89. The van der Waals surface area contributed by atoms with Gasteiger partial charge in [-0.3, -0.25) is 0 Å². The lowest BCUT2D eigenvalue weighted by molar-refractivity contribution is 0.414. The predicted octanol–water partition coefficient (Wildman–Crippen LogP) is 6.23. The summed E-state index contributed by atoms with van der Waals surface area (Å²) in [6, 6.07) is 14.9. The third-order valence-electron chi connectivity index (χ3n) is 4.99. The summed E-state index contributed by atoms with van der Waals surface area (Å²) in [6.07, 6.45) is 6.37. The van der Waals surface area contributed by atoms with Crippen LogP contribution in [0.2, 0.25) is 0 Å². The highest BCUT2D eigenvalue weighted by Crippen LogP contribution is 2.38. The topological polar surface area (TPSA) is 20.2 Å². The van der Waals surface area contributed by atoms with Gasteiger partial charge in [0, 0.05) is 0 Å². The molecule has 0 radical (unpaired) electrons. The molecule has 2 aromatic rings. The molecule has 1 saturated carbocycles. The monoisotopic (exact) mass is 294 g/mol. The molecule has 3 rings (SSSR count). The highest BCUT2D eigenvalue weighted by Gasteiger charge is 2.18. The first kappa shape index (κ1) is 15.1. The molecule has 1 nitrogen and oxygen atoms in total. The van der Waals surface area contributed by atoms with E-state index in [1.165, 1.54) is 43.2 Å². The molecule has 0 heterocycles. The summed E-state index contributed by atoms with van der Waals surface area (Å²) in [5.41, 5.74) is 4.77. The van der Waals surface area contributed by atoms with Crippen LogP contribution in [-0.2, 0) is 0 Å².